The molecule has 5 nitrogen and oxygen atoms in total. The minimum Gasteiger partial charge on any atom is -0.284 e. The summed E-state index contributed by atoms with van der Waals surface area (Å²) in [7, 11) is -4.33. The van der Waals surface area contributed by atoms with E-state index in [9.17, 15) is 61.2 Å². The molecule has 0 rings (SSSR count). The lowest BCUT2D eigenvalue weighted by molar-refractivity contribution is -0.336. The highest BCUT2D eigenvalue weighted by Crippen LogP contribution is 2.15. The number of hydrogen-bond donors (Lipinski definition) is 1. The lowest BCUT2D eigenvalue weighted by atomic mass is 10.8. The molecule has 0 aliphatic carbocycles. The zero-order valence-electron chi connectivity index (χ0n) is 12.6. The summed E-state index contributed by atoms with van der Waals surface area (Å²) in [5.74, 6) is 0. The van der Waals surface area contributed by atoms with Gasteiger partial charge in [-0.05, 0) is 11.4 Å². The van der Waals surface area contributed by atoms with E-state index in [0.717, 1.165) is 0 Å². The van der Waals surface area contributed by atoms with E-state index in [1.807, 2.05) is 0 Å². The van der Waals surface area contributed by atoms with Gasteiger partial charge in [0.1, 0.15) is 0 Å². The molecule has 1 N–H and O–H groups in total. The quantitative estimate of drug-likeness (QED) is 0.267. The van der Waals surface area contributed by atoms with E-state index >= 15 is 0 Å². The van der Waals surface area contributed by atoms with Gasteiger partial charge in [-0.3, -0.25) is 13.7 Å². The standard InChI is InChI=1S/C2H2F4O.C2H2F4.C2H5F.CH2F2O.CH3FO3S.8CH4/c3-1-7-2(4,5)6;3-1-2(4,5)6;1-2-3;2-1-4-3;2-1-6(3,4)5;;;;;;;;/h1H2;1H2;2H2,1H3;1H2;1H2,(H,3,4,5);8*1H4. The van der Waals surface area contributed by atoms with Gasteiger partial charge in [0.15, 0.2) is 13.5 Å². The summed E-state index contributed by atoms with van der Waals surface area (Å²) in [5, 5.41) is 0. The molecule has 0 saturated carbocycles. The van der Waals surface area contributed by atoms with Crippen molar-refractivity contribution in [1.82, 2.24) is 0 Å². The molecule has 34 heavy (non-hydrogen) atoms. The van der Waals surface area contributed by atoms with Gasteiger partial charge in [0.25, 0.3) is 10.1 Å². The first kappa shape index (κ1) is 84.5. The maximum Gasteiger partial charge on any atom is 0.524 e. The van der Waals surface area contributed by atoms with Crippen LogP contribution in [-0.2, 0) is 19.8 Å². The number of alkyl halides is 11. The second-order valence-electron chi connectivity index (χ2n) is 2.62. The monoisotopic (exact) mass is 578 g/mol. The van der Waals surface area contributed by atoms with Crippen LogP contribution in [0.5, 0.6) is 0 Å². The summed E-state index contributed by atoms with van der Waals surface area (Å²) in [6.45, 7) is -4.18. The highest BCUT2D eigenvalue weighted by molar-refractivity contribution is 7.85. The van der Waals surface area contributed by atoms with E-state index < -0.39 is 49.1 Å². The van der Waals surface area contributed by atoms with E-state index in [2.05, 4.69) is 9.68 Å². The fourth-order valence-electron chi connectivity index (χ4n) is 0.0619. The molecule has 0 radical (unpaired) electrons. The Labute approximate surface area is 198 Å². The average molecular weight is 579 g/mol. The highest BCUT2D eigenvalue weighted by Gasteiger charge is 2.28. The van der Waals surface area contributed by atoms with Crippen LogP contribution in [-0.4, -0.2) is 58.6 Å². The molecule has 0 bridgehead atoms. The zero-order chi connectivity index (χ0) is 22.4. The molecule has 0 fully saturated rings. The summed E-state index contributed by atoms with van der Waals surface area (Å²) in [6, 6.07) is -1.70. The maximum absolute atomic E-state index is 10.7. The van der Waals surface area contributed by atoms with Gasteiger partial charge in [-0.1, -0.05) is 59.4 Å². The van der Waals surface area contributed by atoms with Crippen molar-refractivity contribution in [3.05, 3.63) is 0 Å². The SMILES string of the molecule is C.C.C.C.C.C.C.C.CCF.FCC(F)(F)F.FCOC(F)(F)F.FCOF.O=S(=O)(O)CF. The van der Waals surface area contributed by atoms with Crippen molar-refractivity contribution in [3.8, 4) is 0 Å². The molecule has 0 heterocycles. The lowest BCUT2D eigenvalue weighted by Crippen LogP contribution is -2.11. The largest absolute Gasteiger partial charge is 0.524 e. The summed E-state index contributed by atoms with van der Waals surface area (Å²) >= 11 is 0. The molecule has 0 saturated heterocycles. The molecule has 0 aromatic carbocycles. The topological polar surface area (TPSA) is 72.8 Å². The van der Waals surface area contributed by atoms with Crippen LogP contribution in [0.4, 0.5) is 52.8 Å². The van der Waals surface area contributed by atoms with E-state index in [-0.39, 0.29) is 66.1 Å². The van der Waals surface area contributed by atoms with Crippen molar-refractivity contribution in [1.29, 1.82) is 0 Å². The summed E-state index contributed by atoms with van der Waals surface area (Å²) in [4.78, 5) is 2.38. The van der Waals surface area contributed by atoms with Gasteiger partial charge in [0.2, 0.25) is 12.9 Å². The van der Waals surface area contributed by atoms with Crippen LogP contribution in [0.15, 0.2) is 0 Å². The predicted octanol–water partition coefficient (Wildman–Crippen LogP) is 9.65. The molecule has 0 aromatic rings. The Morgan fingerprint density at radius 2 is 0.882 bits per heavy atom. The summed E-state index contributed by atoms with van der Waals surface area (Å²) < 4.78 is 153. The molecule has 0 aromatic heterocycles. The first-order chi connectivity index (χ1) is 11.5. The lowest BCUT2D eigenvalue weighted by Gasteiger charge is -1.99. The van der Waals surface area contributed by atoms with Gasteiger partial charge in [-0.15, -0.1) is 13.2 Å². The fraction of sp³-hybridized carbons (Fsp3) is 1.00. The van der Waals surface area contributed by atoms with Crippen molar-refractivity contribution in [2.75, 3.05) is 33.1 Å². The Kier molecular flexibility index (Phi) is 133. The third-order valence-corrected chi connectivity index (χ3v) is 0.825. The van der Waals surface area contributed by atoms with E-state index in [0.29, 0.717) is 0 Å². The number of halogens is 12. The van der Waals surface area contributed by atoms with Crippen LogP contribution in [0.1, 0.15) is 66.3 Å². The first-order valence-corrected chi connectivity index (χ1v) is 6.88. The van der Waals surface area contributed by atoms with Gasteiger partial charge in [-0.25, -0.2) is 17.6 Å². The third-order valence-electron chi connectivity index (χ3n) is 0.549. The molecule has 18 heteroatoms. The minimum atomic E-state index is -4.82. The van der Waals surface area contributed by atoms with Gasteiger partial charge >= 0.3 is 12.5 Å². The smallest absolute Gasteiger partial charge is 0.284 e. The van der Waals surface area contributed by atoms with Crippen LogP contribution >= 0.6 is 0 Å². The number of hydrogen-bond acceptors (Lipinski definition) is 4. The molecular formula is C16H46F12O5S. The Hall–Kier alpha value is -1.01. The number of ether oxygens (including phenoxy) is 1. The zero-order valence-corrected chi connectivity index (χ0v) is 13.4. The highest BCUT2D eigenvalue weighted by atomic mass is 32.2. The molecule has 0 aliphatic heterocycles. The summed E-state index contributed by atoms with van der Waals surface area (Å²) in [5.41, 5.74) is 0. The van der Waals surface area contributed by atoms with Crippen molar-refractivity contribution >= 4 is 10.1 Å². The molecule has 230 valence electrons. The van der Waals surface area contributed by atoms with E-state index in [1.54, 1.807) is 0 Å². The van der Waals surface area contributed by atoms with Crippen LogP contribution in [0.3, 0.4) is 0 Å². The molecular weight excluding hydrogens is 532 g/mol. The van der Waals surface area contributed by atoms with Gasteiger partial charge in [0, 0.05) is 0 Å². The minimum absolute atomic E-state index is 0. The van der Waals surface area contributed by atoms with Crippen LogP contribution in [0, 0.1) is 0 Å². The molecule has 0 aliphatic rings. The summed E-state index contributed by atoms with van der Waals surface area (Å²) in [6.07, 6.45) is -9.45. The van der Waals surface area contributed by atoms with Crippen molar-refractivity contribution in [2.45, 2.75) is 78.9 Å². The fourth-order valence-corrected chi connectivity index (χ4v) is 0.0619. The van der Waals surface area contributed by atoms with Crippen LogP contribution < -0.4 is 0 Å². The van der Waals surface area contributed by atoms with Crippen molar-refractivity contribution < 1.29 is 75.5 Å². The van der Waals surface area contributed by atoms with Gasteiger partial charge < -0.3 is 0 Å². The first-order valence-electron chi connectivity index (χ1n) is 5.27. The van der Waals surface area contributed by atoms with Gasteiger partial charge in [-0.2, -0.15) is 26.5 Å². The Morgan fingerprint density at radius 1 is 0.706 bits per heavy atom. The molecule has 0 amide bonds. The molecule has 0 unspecified atom stereocenters. The van der Waals surface area contributed by atoms with Crippen molar-refractivity contribution in [2.24, 2.45) is 0 Å². The van der Waals surface area contributed by atoms with Gasteiger partial charge in [0.05, 0.1) is 6.67 Å². The molecule has 0 spiro atoms. The Balaban J connectivity index is -0.0000000142. The van der Waals surface area contributed by atoms with Crippen LogP contribution in [0.2, 0.25) is 0 Å². The number of rotatable bonds is 3. The van der Waals surface area contributed by atoms with E-state index in [1.165, 1.54) is 6.92 Å². The van der Waals surface area contributed by atoms with Crippen LogP contribution in [0.25, 0.3) is 0 Å². The third kappa shape index (κ3) is 279. The second kappa shape index (κ2) is 53.4. The Bertz CT molecular complexity index is 353. The van der Waals surface area contributed by atoms with Crippen molar-refractivity contribution in [3.63, 3.8) is 0 Å². The maximum atomic E-state index is 10.7. The Morgan fingerprint density at radius 3 is 0.882 bits per heavy atom. The average Bonchev–Trinajstić information content (AvgIpc) is 2.47. The second-order valence-corrected chi connectivity index (χ2v) is 4.01. The van der Waals surface area contributed by atoms with E-state index in [4.69, 9.17) is 4.55 Å². The normalized spacial score (nSPS) is 8.06. The molecule has 0 atom stereocenters. The predicted molar refractivity (Wildman–Crippen MR) is 116 cm³/mol.